The van der Waals surface area contributed by atoms with Crippen LogP contribution in [-0.4, -0.2) is 37.3 Å². The van der Waals surface area contributed by atoms with Gasteiger partial charge in [0.15, 0.2) is 5.16 Å². The molecule has 29 heavy (non-hydrogen) atoms. The van der Waals surface area contributed by atoms with E-state index in [1.165, 1.54) is 35.2 Å². The van der Waals surface area contributed by atoms with Crippen LogP contribution in [0.4, 0.5) is 0 Å². The van der Waals surface area contributed by atoms with Crippen molar-refractivity contribution in [2.24, 2.45) is 0 Å². The highest BCUT2D eigenvalue weighted by molar-refractivity contribution is 7.99. The number of carbonyl (C=O) groups excluding carboxylic acids is 1. The molecule has 1 unspecified atom stereocenters. The lowest BCUT2D eigenvalue weighted by Gasteiger charge is -2.14. The van der Waals surface area contributed by atoms with Crippen molar-refractivity contribution < 1.29 is 4.79 Å². The number of rotatable bonds is 6. The maximum atomic E-state index is 12.3. The summed E-state index contributed by atoms with van der Waals surface area (Å²) in [6, 6.07) is 2.94. The van der Waals surface area contributed by atoms with Crippen molar-refractivity contribution >= 4 is 17.7 Å². The second kappa shape index (κ2) is 8.52. The highest BCUT2D eigenvalue weighted by Crippen LogP contribution is 2.32. The molecule has 4 rings (SSSR count). The quantitative estimate of drug-likeness (QED) is 0.720. The minimum Gasteiger partial charge on any atom is -0.354 e. The number of aromatic nitrogens is 4. The molecule has 154 valence electrons. The fraction of sp³-hybridized carbons (Fsp3) is 0.550. The summed E-state index contributed by atoms with van der Waals surface area (Å²) in [5.41, 5.74) is 1.39. The van der Waals surface area contributed by atoms with Gasteiger partial charge >= 0.3 is 0 Å². The van der Waals surface area contributed by atoms with Gasteiger partial charge in [-0.15, -0.1) is 0 Å². The lowest BCUT2D eigenvalue weighted by atomic mass is 10.0. The van der Waals surface area contributed by atoms with Gasteiger partial charge in [-0.1, -0.05) is 24.6 Å². The Morgan fingerprint density at radius 3 is 2.79 bits per heavy atom. The van der Waals surface area contributed by atoms with E-state index in [9.17, 15) is 14.4 Å². The summed E-state index contributed by atoms with van der Waals surface area (Å²) in [7, 11) is 0. The van der Waals surface area contributed by atoms with Crippen molar-refractivity contribution in [2.45, 2.75) is 62.7 Å². The molecule has 1 N–H and O–H groups in total. The number of hydrogen-bond acceptors (Lipinski definition) is 6. The second-order valence-electron chi connectivity index (χ2n) is 7.73. The molecule has 0 spiro atoms. The third-order valence-electron chi connectivity index (χ3n) is 5.59. The summed E-state index contributed by atoms with van der Waals surface area (Å²) in [5, 5.41) is 3.52. The van der Waals surface area contributed by atoms with Crippen LogP contribution in [0.3, 0.4) is 0 Å². The van der Waals surface area contributed by atoms with Crippen LogP contribution in [-0.2, 0) is 11.3 Å². The van der Waals surface area contributed by atoms with Gasteiger partial charge in [-0.05, 0) is 19.8 Å². The topological polar surface area (TPSA) is 98.9 Å². The van der Waals surface area contributed by atoms with Gasteiger partial charge in [0.1, 0.15) is 0 Å². The fourth-order valence-electron chi connectivity index (χ4n) is 4.07. The number of amides is 1. The standard InChI is InChI=1S/C20H25N5O3S/c1-13-8-19(28)25-15(11-29-20(25)23-13)9-17(26)21-6-7-24-12-22-16(10-18(24)27)14-4-2-3-5-14/h8,10,12,14-15H,2-7,9,11H2,1H3,(H,21,26). The molecule has 3 heterocycles. The van der Waals surface area contributed by atoms with Crippen LogP contribution in [0, 0.1) is 6.92 Å². The third-order valence-corrected chi connectivity index (χ3v) is 6.69. The van der Waals surface area contributed by atoms with Crippen LogP contribution in [0.15, 0.2) is 33.2 Å². The van der Waals surface area contributed by atoms with Crippen molar-refractivity contribution in [3.05, 3.63) is 50.6 Å². The summed E-state index contributed by atoms with van der Waals surface area (Å²) >= 11 is 1.50. The number of carbonyl (C=O) groups is 1. The van der Waals surface area contributed by atoms with Crippen LogP contribution >= 0.6 is 11.8 Å². The van der Waals surface area contributed by atoms with Crippen LogP contribution in [0.2, 0.25) is 0 Å². The van der Waals surface area contributed by atoms with Gasteiger partial charge in [-0.2, -0.15) is 0 Å². The summed E-state index contributed by atoms with van der Waals surface area (Å²) in [6.45, 7) is 2.51. The molecule has 2 aromatic heterocycles. The van der Waals surface area contributed by atoms with E-state index in [0.29, 0.717) is 35.6 Å². The molecule has 8 nitrogen and oxygen atoms in total. The van der Waals surface area contributed by atoms with E-state index in [-0.39, 0.29) is 29.5 Å². The summed E-state index contributed by atoms with van der Waals surface area (Å²) < 4.78 is 3.13. The number of hydrogen-bond donors (Lipinski definition) is 1. The highest BCUT2D eigenvalue weighted by Gasteiger charge is 2.27. The first kappa shape index (κ1) is 19.9. The summed E-state index contributed by atoms with van der Waals surface area (Å²) in [4.78, 5) is 45.7. The zero-order chi connectivity index (χ0) is 20.4. The number of nitrogens with zero attached hydrogens (tertiary/aromatic N) is 4. The molecule has 9 heteroatoms. The van der Waals surface area contributed by atoms with Gasteiger partial charge in [-0.3, -0.25) is 23.5 Å². The fourth-order valence-corrected chi connectivity index (χ4v) is 5.26. The molecule has 0 saturated heterocycles. The summed E-state index contributed by atoms with van der Waals surface area (Å²) in [5.74, 6) is 0.927. The maximum Gasteiger partial charge on any atom is 0.254 e. The van der Waals surface area contributed by atoms with Gasteiger partial charge < -0.3 is 5.32 Å². The predicted octanol–water partition coefficient (Wildman–Crippen LogP) is 1.62. The van der Waals surface area contributed by atoms with Gasteiger partial charge in [0.25, 0.3) is 11.1 Å². The number of aryl methyl sites for hydroxylation is 1. The first-order valence-corrected chi connectivity index (χ1v) is 11.1. The molecule has 0 aromatic carbocycles. The van der Waals surface area contributed by atoms with E-state index in [1.54, 1.807) is 23.9 Å². The highest BCUT2D eigenvalue weighted by atomic mass is 32.2. The number of nitrogens with one attached hydrogen (secondary N) is 1. The normalized spacial score (nSPS) is 18.7. The molecule has 1 amide bonds. The van der Waals surface area contributed by atoms with Gasteiger partial charge in [0.05, 0.1) is 18.1 Å². The number of thioether (sulfide) groups is 1. The lowest BCUT2D eigenvalue weighted by molar-refractivity contribution is -0.121. The molecule has 2 aromatic rings. The Morgan fingerprint density at radius 2 is 2.03 bits per heavy atom. The SMILES string of the molecule is Cc1cc(=O)n2c(n1)SCC2CC(=O)NCCn1cnc(C2CCCC2)cc1=O. The zero-order valence-corrected chi connectivity index (χ0v) is 17.3. The van der Waals surface area contributed by atoms with Crippen LogP contribution in [0.5, 0.6) is 0 Å². The number of fused-ring (bicyclic) bond motifs is 1. The van der Waals surface area contributed by atoms with Gasteiger partial charge in [0, 0.05) is 49.0 Å². The minimum absolute atomic E-state index is 0.0785. The van der Waals surface area contributed by atoms with Crippen molar-refractivity contribution in [3.63, 3.8) is 0 Å². The Balaban J connectivity index is 1.30. The smallest absolute Gasteiger partial charge is 0.254 e. The predicted molar refractivity (Wildman–Crippen MR) is 110 cm³/mol. The Bertz CT molecular complexity index is 1030. The molecule has 1 aliphatic heterocycles. The molecule has 1 saturated carbocycles. The third kappa shape index (κ3) is 4.44. The molecule has 1 aliphatic carbocycles. The molecule has 1 fully saturated rings. The molecule has 0 bridgehead atoms. The maximum absolute atomic E-state index is 12.3. The zero-order valence-electron chi connectivity index (χ0n) is 16.5. The van der Waals surface area contributed by atoms with Crippen LogP contribution in [0.1, 0.15) is 55.5 Å². The van der Waals surface area contributed by atoms with Crippen LogP contribution < -0.4 is 16.4 Å². The van der Waals surface area contributed by atoms with E-state index in [0.717, 1.165) is 18.5 Å². The summed E-state index contributed by atoms with van der Waals surface area (Å²) in [6.07, 6.45) is 6.42. The first-order valence-electron chi connectivity index (χ1n) is 10.1. The monoisotopic (exact) mass is 415 g/mol. The molecule has 2 aliphatic rings. The largest absolute Gasteiger partial charge is 0.354 e. The average molecular weight is 416 g/mol. The molecular weight excluding hydrogens is 390 g/mol. The van der Waals surface area contributed by atoms with Crippen LogP contribution in [0.25, 0.3) is 0 Å². The van der Waals surface area contributed by atoms with E-state index in [2.05, 4.69) is 15.3 Å². The second-order valence-corrected chi connectivity index (χ2v) is 8.72. The molecular formula is C20H25N5O3S. The Hall–Kier alpha value is -2.42. The molecule has 0 radical (unpaired) electrons. The van der Waals surface area contributed by atoms with E-state index < -0.39 is 0 Å². The average Bonchev–Trinajstić information content (AvgIpc) is 3.33. The Labute approximate surface area is 172 Å². The van der Waals surface area contributed by atoms with Crippen molar-refractivity contribution in [2.75, 3.05) is 12.3 Å². The van der Waals surface area contributed by atoms with Crippen molar-refractivity contribution in [3.8, 4) is 0 Å². The van der Waals surface area contributed by atoms with E-state index in [4.69, 9.17) is 0 Å². The van der Waals surface area contributed by atoms with E-state index >= 15 is 0 Å². The molecule has 1 atom stereocenters. The lowest BCUT2D eigenvalue weighted by Crippen LogP contribution is -2.33. The van der Waals surface area contributed by atoms with Gasteiger partial charge in [0.2, 0.25) is 5.91 Å². The Kier molecular flexibility index (Phi) is 5.84. The van der Waals surface area contributed by atoms with Crippen molar-refractivity contribution in [1.82, 2.24) is 24.4 Å². The Morgan fingerprint density at radius 1 is 1.24 bits per heavy atom. The van der Waals surface area contributed by atoms with Gasteiger partial charge in [-0.25, -0.2) is 9.97 Å². The van der Waals surface area contributed by atoms with Crippen molar-refractivity contribution in [1.29, 1.82) is 0 Å². The van der Waals surface area contributed by atoms with E-state index in [1.807, 2.05) is 0 Å². The first-order chi connectivity index (χ1) is 14.0. The minimum atomic E-state index is -0.189.